The van der Waals surface area contributed by atoms with Crippen LogP contribution in [0.5, 0.6) is 0 Å². The van der Waals surface area contributed by atoms with Gasteiger partial charge in [-0.3, -0.25) is 9.78 Å². The predicted octanol–water partition coefficient (Wildman–Crippen LogP) is -0.532. The zero-order valence-corrected chi connectivity index (χ0v) is 7.93. The molecule has 1 amide bonds. The molecule has 0 spiro atoms. The average Bonchev–Trinajstić information content (AvgIpc) is 2.26. The Morgan fingerprint density at radius 1 is 1.47 bits per heavy atom. The maximum Gasteiger partial charge on any atom is 0.337 e. The summed E-state index contributed by atoms with van der Waals surface area (Å²) >= 11 is 0. The Hall–Kier alpha value is -1.95. The fourth-order valence-electron chi connectivity index (χ4n) is 0.931. The lowest BCUT2D eigenvalue weighted by Crippen LogP contribution is -2.29. The van der Waals surface area contributed by atoms with Gasteiger partial charge in [0.1, 0.15) is 5.69 Å². The summed E-state index contributed by atoms with van der Waals surface area (Å²) in [5.74, 6) is -1.44. The van der Waals surface area contributed by atoms with E-state index >= 15 is 0 Å². The number of nitrogens with zero attached hydrogens (tertiary/aromatic N) is 1. The van der Waals surface area contributed by atoms with Gasteiger partial charge in [-0.2, -0.15) is 0 Å². The van der Waals surface area contributed by atoms with Gasteiger partial charge in [0.25, 0.3) is 5.91 Å². The minimum absolute atomic E-state index is 0.0466. The number of carbonyl (C=O) groups excluding carboxylic acids is 1. The summed E-state index contributed by atoms with van der Waals surface area (Å²) in [5, 5.41) is 11.1. The van der Waals surface area contributed by atoms with Crippen molar-refractivity contribution in [1.82, 2.24) is 10.3 Å². The molecule has 1 aromatic heterocycles. The first-order valence-corrected chi connectivity index (χ1v) is 4.32. The molecule has 0 fully saturated rings. The minimum atomic E-state index is -1.07. The van der Waals surface area contributed by atoms with Crippen molar-refractivity contribution in [2.24, 2.45) is 5.73 Å². The van der Waals surface area contributed by atoms with Crippen LogP contribution in [0.3, 0.4) is 0 Å². The number of pyridine rings is 1. The Bertz CT molecular complexity index is 361. The Labute approximate surface area is 86.1 Å². The Balaban J connectivity index is 2.71. The summed E-state index contributed by atoms with van der Waals surface area (Å²) in [7, 11) is 0. The summed E-state index contributed by atoms with van der Waals surface area (Å²) in [6.45, 7) is 0.708. The van der Waals surface area contributed by atoms with E-state index < -0.39 is 5.97 Å². The molecular formula is C9H11N3O3. The fourth-order valence-corrected chi connectivity index (χ4v) is 0.931. The van der Waals surface area contributed by atoms with Gasteiger partial charge in [0.15, 0.2) is 0 Å². The van der Waals surface area contributed by atoms with Crippen LogP contribution in [0, 0.1) is 0 Å². The van der Waals surface area contributed by atoms with E-state index in [-0.39, 0.29) is 17.2 Å². The van der Waals surface area contributed by atoms with Gasteiger partial charge < -0.3 is 16.2 Å². The highest BCUT2D eigenvalue weighted by molar-refractivity contribution is 5.93. The number of hydrogen-bond acceptors (Lipinski definition) is 4. The van der Waals surface area contributed by atoms with E-state index in [1.54, 1.807) is 0 Å². The van der Waals surface area contributed by atoms with Gasteiger partial charge in [0.2, 0.25) is 0 Å². The number of nitrogens with one attached hydrogen (secondary N) is 1. The van der Waals surface area contributed by atoms with Gasteiger partial charge >= 0.3 is 5.97 Å². The van der Waals surface area contributed by atoms with Crippen LogP contribution in [0.1, 0.15) is 20.8 Å². The number of amides is 1. The molecule has 0 aromatic carbocycles. The Morgan fingerprint density at radius 2 is 2.20 bits per heavy atom. The van der Waals surface area contributed by atoms with E-state index in [1.165, 1.54) is 12.1 Å². The van der Waals surface area contributed by atoms with E-state index in [4.69, 9.17) is 10.8 Å². The molecule has 0 aliphatic carbocycles. The lowest BCUT2D eigenvalue weighted by atomic mass is 10.2. The van der Waals surface area contributed by atoms with Crippen LogP contribution in [-0.2, 0) is 0 Å². The van der Waals surface area contributed by atoms with Crippen molar-refractivity contribution in [2.45, 2.75) is 0 Å². The largest absolute Gasteiger partial charge is 0.478 e. The lowest BCUT2D eigenvalue weighted by molar-refractivity contribution is 0.0695. The van der Waals surface area contributed by atoms with E-state index in [9.17, 15) is 9.59 Å². The molecule has 0 bridgehead atoms. The van der Waals surface area contributed by atoms with Crippen LogP contribution >= 0.6 is 0 Å². The van der Waals surface area contributed by atoms with Crippen molar-refractivity contribution in [3.05, 3.63) is 29.6 Å². The second-order valence-electron chi connectivity index (χ2n) is 2.78. The summed E-state index contributed by atoms with van der Waals surface area (Å²) in [4.78, 5) is 25.5. The molecule has 6 heteroatoms. The fraction of sp³-hybridized carbons (Fsp3) is 0.222. The third-order valence-electron chi connectivity index (χ3n) is 1.67. The summed E-state index contributed by atoms with van der Waals surface area (Å²) < 4.78 is 0. The van der Waals surface area contributed by atoms with E-state index in [1.807, 2.05) is 0 Å². The van der Waals surface area contributed by atoms with Crippen LogP contribution in [0.2, 0.25) is 0 Å². The number of aromatic carboxylic acids is 1. The molecule has 0 unspecified atom stereocenters. The maximum absolute atomic E-state index is 11.3. The summed E-state index contributed by atoms with van der Waals surface area (Å²) in [6.07, 6.45) is 1.14. The number of carboxylic acid groups (broad SMARTS) is 1. The smallest absolute Gasteiger partial charge is 0.337 e. The maximum atomic E-state index is 11.3. The molecule has 1 heterocycles. The molecule has 0 atom stereocenters. The van der Waals surface area contributed by atoms with Gasteiger partial charge in [-0.05, 0) is 12.1 Å². The van der Waals surface area contributed by atoms with Crippen molar-refractivity contribution in [1.29, 1.82) is 0 Å². The monoisotopic (exact) mass is 209 g/mol. The van der Waals surface area contributed by atoms with Crippen LogP contribution in [0.4, 0.5) is 0 Å². The molecule has 0 radical (unpaired) electrons. The van der Waals surface area contributed by atoms with Crippen molar-refractivity contribution >= 4 is 11.9 Å². The molecule has 0 saturated carbocycles. The molecule has 1 rings (SSSR count). The van der Waals surface area contributed by atoms with Gasteiger partial charge in [-0.15, -0.1) is 0 Å². The van der Waals surface area contributed by atoms with Gasteiger partial charge in [-0.25, -0.2) is 4.79 Å². The van der Waals surface area contributed by atoms with E-state index in [0.29, 0.717) is 13.1 Å². The van der Waals surface area contributed by atoms with Crippen LogP contribution in [0.15, 0.2) is 18.3 Å². The van der Waals surface area contributed by atoms with Crippen LogP contribution in [0.25, 0.3) is 0 Å². The molecule has 0 saturated heterocycles. The lowest BCUT2D eigenvalue weighted by Gasteiger charge is -2.02. The van der Waals surface area contributed by atoms with Crippen molar-refractivity contribution in [3.63, 3.8) is 0 Å². The second-order valence-corrected chi connectivity index (χ2v) is 2.78. The van der Waals surface area contributed by atoms with Crippen LogP contribution in [-0.4, -0.2) is 35.1 Å². The third kappa shape index (κ3) is 3.03. The third-order valence-corrected chi connectivity index (χ3v) is 1.67. The Kier molecular flexibility index (Phi) is 3.75. The van der Waals surface area contributed by atoms with Gasteiger partial charge in [0.05, 0.1) is 5.56 Å². The summed E-state index contributed by atoms with van der Waals surface area (Å²) in [5.41, 5.74) is 5.43. The number of hydrogen-bond donors (Lipinski definition) is 3. The van der Waals surface area contributed by atoms with Crippen molar-refractivity contribution in [2.75, 3.05) is 13.1 Å². The molecule has 15 heavy (non-hydrogen) atoms. The zero-order valence-electron chi connectivity index (χ0n) is 7.93. The zero-order chi connectivity index (χ0) is 11.3. The second kappa shape index (κ2) is 5.06. The van der Waals surface area contributed by atoms with Gasteiger partial charge in [-0.1, -0.05) is 0 Å². The van der Waals surface area contributed by atoms with E-state index in [0.717, 1.165) is 6.20 Å². The van der Waals surface area contributed by atoms with E-state index in [2.05, 4.69) is 10.3 Å². The average molecular weight is 209 g/mol. The molecular weight excluding hydrogens is 198 g/mol. The molecule has 0 aliphatic heterocycles. The molecule has 80 valence electrons. The SMILES string of the molecule is NCCNC(=O)c1ccc(C(=O)O)cn1. The number of carbonyl (C=O) groups is 2. The van der Waals surface area contributed by atoms with Crippen molar-refractivity contribution < 1.29 is 14.7 Å². The number of carboxylic acids is 1. The highest BCUT2D eigenvalue weighted by atomic mass is 16.4. The molecule has 1 aromatic rings. The molecule has 6 nitrogen and oxygen atoms in total. The highest BCUT2D eigenvalue weighted by Gasteiger charge is 2.08. The predicted molar refractivity (Wildman–Crippen MR) is 52.6 cm³/mol. The van der Waals surface area contributed by atoms with Crippen LogP contribution < -0.4 is 11.1 Å². The van der Waals surface area contributed by atoms with Gasteiger partial charge in [0, 0.05) is 19.3 Å². The first-order chi connectivity index (χ1) is 7.15. The first kappa shape index (κ1) is 11.1. The quantitative estimate of drug-likeness (QED) is 0.618. The standard InChI is InChI=1S/C9H11N3O3/c10-3-4-11-8(13)7-2-1-6(5-12-7)9(14)15/h1-2,5H,3-4,10H2,(H,11,13)(H,14,15). The normalized spacial score (nSPS) is 9.67. The molecule has 4 N–H and O–H groups in total. The number of rotatable bonds is 4. The number of nitrogens with two attached hydrogens (primary N) is 1. The highest BCUT2D eigenvalue weighted by Crippen LogP contribution is 1.99. The minimum Gasteiger partial charge on any atom is -0.478 e. The molecule has 0 aliphatic rings. The first-order valence-electron chi connectivity index (χ1n) is 4.32. The summed E-state index contributed by atoms with van der Waals surface area (Å²) in [6, 6.07) is 2.68. The number of aromatic nitrogens is 1. The topological polar surface area (TPSA) is 105 Å². The Morgan fingerprint density at radius 3 is 2.67 bits per heavy atom. The van der Waals surface area contributed by atoms with Crippen molar-refractivity contribution in [3.8, 4) is 0 Å².